The average Bonchev–Trinajstić information content (AvgIpc) is 2.86. The molecule has 0 aliphatic heterocycles. The second-order valence-corrected chi connectivity index (χ2v) is 5.32. The molecule has 0 radical (unpaired) electrons. The molecule has 0 fully saturated rings. The van der Waals surface area contributed by atoms with E-state index in [2.05, 4.69) is 16.5 Å². The van der Waals surface area contributed by atoms with Crippen LogP contribution in [0.1, 0.15) is 41.1 Å². The van der Waals surface area contributed by atoms with Crippen molar-refractivity contribution in [3.05, 3.63) is 39.9 Å². The zero-order valence-electron chi connectivity index (χ0n) is 11.5. The molecule has 0 aliphatic carbocycles. The molecule has 1 unspecified atom stereocenters. The highest BCUT2D eigenvalue weighted by atomic mass is 32.1. The Bertz CT molecular complexity index is 553. The molecule has 102 valence electrons. The van der Waals surface area contributed by atoms with Gasteiger partial charge in [0.15, 0.2) is 0 Å². The van der Waals surface area contributed by atoms with E-state index >= 15 is 0 Å². The van der Waals surface area contributed by atoms with Gasteiger partial charge in [-0.15, -0.1) is 5.10 Å². The number of ether oxygens (including phenoxy) is 1. The van der Waals surface area contributed by atoms with E-state index in [1.54, 1.807) is 7.11 Å². The van der Waals surface area contributed by atoms with E-state index in [4.69, 9.17) is 10.5 Å². The number of aromatic nitrogens is 2. The molecule has 0 spiro atoms. The molecule has 0 aliphatic rings. The highest BCUT2D eigenvalue weighted by Crippen LogP contribution is 2.29. The van der Waals surface area contributed by atoms with Crippen molar-refractivity contribution < 1.29 is 4.74 Å². The van der Waals surface area contributed by atoms with E-state index in [9.17, 15) is 0 Å². The first kappa shape index (κ1) is 14.0. The van der Waals surface area contributed by atoms with Crippen LogP contribution in [0.15, 0.2) is 18.2 Å². The minimum absolute atomic E-state index is 0.160. The fraction of sp³-hybridized carbons (Fsp3) is 0.429. The van der Waals surface area contributed by atoms with Gasteiger partial charge >= 0.3 is 0 Å². The van der Waals surface area contributed by atoms with Gasteiger partial charge in [-0.2, -0.15) is 0 Å². The van der Waals surface area contributed by atoms with E-state index in [1.165, 1.54) is 11.5 Å². The number of nitrogens with two attached hydrogens (primary N) is 1. The van der Waals surface area contributed by atoms with Gasteiger partial charge in [-0.25, -0.2) is 0 Å². The predicted molar refractivity (Wildman–Crippen MR) is 77.7 cm³/mol. The molecule has 2 aromatic rings. The zero-order chi connectivity index (χ0) is 13.8. The molecule has 19 heavy (non-hydrogen) atoms. The summed E-state index contributed by atoms with van der Waals surface area (Å²) < 4.78 is 9.26. The Hall–Kier alpha value is -1.46. The Balaban J connectivity index is 2.33. The molecule has 5 heteroatoms. The van der Waals surface area contributed by atoms with Crippen molar-refractivity contribution in [3.63, 3.8) is 0 Å². The molecule has 1 aromatic heterocycles. The smallest absolute Gasteiger partial charge is 0.119 e. The monoisotopic (exact) mass is 277 g/mol. The third kappa shape index (κ3) is 2.93. The Morgan fingerprint density at radius 3 is 2.84 bits per heavy atom. The summed E-state index contributed by atoms with van der Waals surface area (Å²) in [5.41, 5.74) is 9.63. The number of aryl methyl sites for hydroxylation is 2. The molecule has 2 N–H and O–H groups in total. The maximum absolute atomic E-state index is 6.37. The Kier molecular flexibility index (Phi) is 4.50. The first-order chi connectivity index (χ1) is 9.17. The molecular weight excluding hydrogens is 258 g/mol. The number of nitrogens with zero attached hydrogens (tertiary/aromatic N) is 2. The minimum Gasteiger partial charge on any atom is -0.497 e. The van der Waals surface area contributed by atoms with E-state index < -0.39 is 0 Å². The minimum atomic E-state index is -0.160. The number of rotatable bonds is 5. The van der Waals surface area contributed by atoms with Crippen LogP contribution < -0.4 is 10.5 Å². The SMILES string of the molecule is CCCc1nnsc1C(N)c1ccc(OC)cc1C. The van der Waals surface area contributed by atoms with Gasteiger partial charge < -0.3 is 10.5 Å². The lowest BCUT2D eigenvalue weighted by Gasteiger charge is -2.15. The lowest BCUT2D eigenvalue weighted by Crippen LogP contribution is -2.14. The summed E-state index contributed by atoms with van der Waals surface area (Å²) in [4.78, 5) is 1.06. The molecule has 1 aromatic carbocycles. The van der Waals surface area contributed by atoms with Gasteiger partial charge in [0, 0.05) is 0 Å². The highest BCUT2D eigenvalue weighted by Gasteiger charge is 2.18. The summed E-state index contributed by atoms with van der Waals surface area (Å²) in [5, 5.41) is 4.18. The first-order valence-corrected chi connectivity index (χ1v) is 7.16. The van der Waals surface area contributed by atoms with Gasteiger partial charge in [-0.3, -0.25) is 0 Å². The third-order valence-corrected chi connectivity index (χ3v) is 4.02. The summed E-state index contributed by atoms with van der Waals surface area (Å²) in [7, 11) is 1.67. The van der Waals surface area contributed by atoms with Gasteiger partial charge in [0.25, 0.3) is 0 Å². The van der Waals surface area contributed by atoms with Crippen LogP contribution in [0.25, 0.3) is 0 Å². The van der Waals surface area contributed by atoms with E-state index in [-0.39, 0.29) is 6.04 Å². The van der Waals surface area contributed by atoms with Crippen LogP contribution in [0, 0.1) is 6.92 Å². The topological polar surface area (TPSA) is 61.0 Å². The predicted octanol–water partition coefficient (Wildman–Crippen LogP) is 2.86. The first-order valence-electron chi connectivity index (χ1n) is 6.38. The Labute approximate surface area is 117 Å². The standard InChI is InChI=1S/C14H19N3OS/c1-4-5-12-14(19-17-16-12)13(15)11-7-6-10(18-3)8-9(11)2/h6-8,13H,4-5,15H2,1-3H3. The fourth-order valence-electron chi connectivity index (χ4n) is 2.13. The summed E-state index contributed by atoms with van der Waals surface area (Å²) in [6.07, 6.45) is 1.97. The number of benzene rings is 1. The van der Waals surface area contributed by atoms with Crippen molar-refractivity contribution in [2.45, 2.75) is 32.7 Å². The molecule has 4 nitrogen and oxygen atoms in total. The zero-order valence-corrected chi connectivity index (χ0v) is 12.3. The lowest BCUT2D eigenvalue weighted by atomic mass is 9.99. The van der Waals surface area contributed by atoms with Crippen molar-refractivity contribution in [2.75, 3.05) is 7.11 Å². The van der Waals surface area contributed by atoms with Crippen LogP contribution >= 0.6 is 11.5 Å². The van der Waals surface area contributed by atoms with Crippen LogP contribution in [0.3, 0.4) is 0 Å². The maximum Gasteiger partial charge on any atom is 0.119 e. The van der Waals surface area contributed by atoms with Crippen molar-refractivity contribution in [1.29, 1.82) is 0 Å². The Morgan fingerprint density at radius 2 is 2.21 bits per heavy atom. The van der Waals surface area contributed by atoms with E-state index in [1.807, 2.05) is 25.1 Å². The Morgan fingerprint density at radius 1 is 1.42 bits per heavy atom. The lowest BCUT2D eigenvalue weighted by molar-refractivity contribution is 0.414. The molecule has 1 atom stereocenters. The van der Waals surface area contributed by atoms with Crippen LogP contribution in [0.4, 0.5) is 0 Å². The van der Waals surface area contributed by atoms with Crippen LogP contribution in [-0.4, -0.2) is 16.7 Å². The molecule has 2 rings (SSSR count). The second-order valence-electron chi connectivity index (χ2n) is 4.53. The summed E-state index contributed by atoms with van der Waals surface area (Å²) in [6, 6.07) is 5.81. The van der Waals surface area contributed by atoms with Gasteiger partial charge in [0.1, 0.15) is 5.75 Å². The number of hydrogen-bond donors (Lipinski definition) is 1. The summed E-state index contributed by atoms with van der Waals surface area (Å²) >= 11 is 1.39. The molecule has 0 amide bonds. The molecule has 0 saturated carbocycles. The van der Waals surface area contributed by atoms with Crippen molar-refractivity contribution in [2.24, 2.45) is 5.73 Å². The van der Waals surface area contributed by atoms with Crippen molar-refractivity contribution in [1.82, 2.24) is 9.59 Å². The average molecular weight is 277 g/mol. The van der Waals surface area contributed by atoms with Gasteiger partial charge in [0.05, 0.1) is 23.7 Å². The second kappa shape index (κ2) is 6.12. The molecule has 0 bridgehead atoms. The van der Waals surface area contributed by atoms with Crippen molar-refractivity contribution in [3.8, 4) is 5.75 Å². The van der Waals surface area contributed by atoms with E-state index in [0.29, 0.717) is 0 Å². The van der Waals surface area contributed by atoms with Crippen LogP contribution in [0.2, 0.25) is 0 Å². The van der Waals surface area contributed by atoms with Crippen LogP contribution in [-0.2, 0) is 6.42 Å². The van der Waals surface area contributed by atoms with E-state index in [0.717, 1.165) is 40.3 Å². The summed E-state index contributed by atoms with van der Waals surface area (Å²) in [5.74, 6) is 0.852. The summed E-state index contributed by atoms with van der Waals surface area (Å²) in [6.45, 7) is 4.18. The molecule has 0 saturated heterocycles. The normalized spacial score (nSPS) is 12.4. The molecular formula is C14H19N3OS. The van der Waals surface area contributed by atoms with Gasteiger partial charge in [0.2, 0.25) is 0 Å². The van der Waals surface area contributed by atoms with Gasteiger partial charge in [-0.05, 0) is 48.1 Å². The highest BCUT2D eigenvalue weighted by molar-refractivity contribution is 7.05. The number of hydrogen-bond acceptors (Lipinski definition) is 5. The van der Waals surface area contributed by atoms with Crippen molar-refractivity contribution >= 4 is 11.5 Å². The third-order valence-electron chi connectivity index (χ3n) is 3.17. The van der Waals surface area contributed by atoms with Gasteiger partial charge in [-0.1, -0.05) is 23.9 Å². The maximum atomic E-state index is 6.37. The van der Waals surface area contributed by atoms with Crippen LogP contribution in [0.5, 0.6) is 5.75 Å². The molecule has 1 heterocycles. The largest absolute Gasteiger partial charge is 0.497 e. The fourth-order valence-corrected chi connectivity index (χ4v) is 2.84. The quantitative estimate of drug-likeness (QED) is 0.913. The number of methoxy groups -OCH3 is 1.